The third kappa shape index (κ3) is 3.65. The Labute approximate surface area is 91.3 Å². The standard InChI is InChI=1S/C8H12N4O4/c1-16-3-2-9-8(13)6-11-5-7(4-10-11)12(14)15/h4-5H,2-3,6H2,1H3,(H,9,13). The van der Waals surface area contributed by atoms with Crippen molar-refractivity contribution in [2.24, 2.45) is 0 Å². The van der Waals surface area contributed by atoms with E-state index in [2.05, 4.69) is 10.4 Å². The molecular weight excluding hydrogens is 216 g/mol. The van der Waals surface area contributed by atoms with Crippen LogP contribution in [0.1, 0.15) is 0 Å². The molecular formula is C8H12N4O4. The third-order valence-corrected chi connectivity index (χ3v) is 1.76. The minimum Gasteiger partial charge on any atom is -0.383 e. The number of carbonyl (C=O) groups excluding carboxylic acids is 1. The van der Waals surface area contributed by atoms with Crippen LogP contribution in [0.2, 0.25) is 0 Å². The highest BCUT2D eigenvalue weighted by molar-refractivity contribution is 5.75. The Hall–Kier alpha value is -1.96. The third-order valence-electron chi connectivity index (χ3n) is 1.76. The molecule has 0 aliphatic rings. The Morgan fingerprint density at radius 1 is 1.75 bits per heavy atom. The fourth-order valence-corrected chi connectivity index (χ4v) is 1.03. The number of hydrogen-bond donors (Lipinski definition) is 1. The quantitative estimate of drug-likeness (QED) is 0.404. The molecule has 8 nitrogen and oxygen atoms in total. The predicted octanol–water partition coefficient (Wildman–Crippen LogP) is -0.446. The average Bonchev–Trinajstić information content (AvgIpc) is 2.66. The summed E-state index contributed by atoms with van der Waals surface area (Å²) in [5.74, 6) is -0.268. The van der Waals surface area contributed by atoms with Crippen LogP contribution in [0.5, 0.6) is 0 Å². The minimum absolute atomic E-state index is 0.0441. The topological polar surface area (TPSA) is 99.3 Å². The van der Waals surface area contributed by atoms with E-state index in [0.29, 0.717) is 13.2 Å². The molecule has 0 unspecified atom stereocenters. The number of hydrogen-bond acceptors (Lipinski definition) is 5. The lowest BCUT2D eigenvalue weighted by Gasteiger charge is -2.03. The minimum atomic E-state index is -0.563. The van der Waals surface area contributed by atoms with Crippen molar-refractivity contribution in [1.29, 1.82) is 0 Å². The van der Waals surface area contributed by atoms with Crippen molar-refractivity contribution in [3.8, 4) is 0 Å². The summed E-state index contributed by atoms with van der Waals surface area (Å²) in [5.41, 5.74) is -0.135. The first-order valence-corrected chi connectivity index (χ1v) is 4.56. The molecule has 0 atom stereocenters. The lowest BCUT2D eigenvalue weighted by Crippen LogP contribution is -2.30. The van der Waals surface area contributed by atoms with E-state index in [1.165, 1.54) is 18.0 Å². The van der Waals surface area contributed by atoms with E-state index in [4.69, 9.17) is 4.74 Å². The molecule has 1 rings (SSSR count). The maximum Gasteiger partial charge on any atom is 0.307 e. The van der Waals surface area contributed by atoms with Crippen LogP contribution in [0.15, 0.2) is 12.4 Å². The molecule has 1 aromatic rings. The molecule has 0 aliphatic carbocycles. The molecule has 1 heterocycles. The van der Waals surface area contributed by atoms with E-state index in [1.807, 2.05) is 0 Å². The van der Waals surface area contributed by atoms with Crippen molar-refractivity contribution in [3.63, 3.8) is 0 Å². The molecule has 88 valence electrons. The van der Waals surface area contributed by atoms with E-state index in [1.54, 1.807) is 0 Å². The number of aromatic nitrogens is 2. The summed E-state index contributed by atoms with van der Waals surface area (Å²) in [6, 6.07) is 0. The second kappa shape index (κ2) is 5.81. The number of methoxy groups -OCH3 is 1. The maximum atomic E-state index is 11.3. The summed E-state index contributed by atoms with van der Waals surface area (Å²) >= 11 is 0. The number of ether oxygens (including phenoxy) is 1. The van der Waals surface area contributed by atoms with Gasteiger partial charge < -0.3 is 10.1 Å². The number of nitrogens with one attached hydrogen (secondary N) is 1. The maximum absolute atomic E-state index is 11.3. The van der Waals surface area contributed by atoms with Gasteiger partial charge in [-0.2, -0.15) is 5.10 Å². The van der Waals surface area contributed by atoms with Crippen molar-refractivity contribution in [2.75, 3.05) is 20.3 Å². The first kappa shape index (κ1) is 12.1. The summed E-state index contributed by atoms with van der Waals surface area (Å²) in [4.78, 5) is 21.1. The zero-order valence-corrected chi connectivity index (χ0v) is 8.75. The van der Waals surface area contributed by atoms with Gasteiger partial charge in [-0.05, 0) is 0 Å². The second-order valence-electron chi connectivity index (χ2n) is 3.00. The van der Waals surface area contributed by atoms with Gasteiger partial charge in [0.1, 0.15) is 18.9 Å². The number of amides is 1. The van der Waals surface area contributed by atoms with Crippen LogP contribution in [-0.2, 0) is 16.1 Å². The van der Waals surface area contributed by atoms with E-state index in [-0.39, 0.29) is 18.1 Å². The van der Waals surface area contributed by atoms with Crippen molar-refractivity contribution < 1.29 is 14.5 Å². The van der Waals surface area contributed by atoms with Crippen molar-refractivity contribution in [1.82, 2.24) is 15.1 Å². The SMILES string of the molecule is COCCNC(=O)Cn1cc([N+](=O)[O-])cn1. The van der Waals surface area contributed by atoms with Gasteiger partial charge in [0.15, 0.2) is 0 Å². The predicted molar refractivity (Wildman–Crippen MR) is 53.8 cm³/mol. The fourth-order valence-electron chi connectivity index (χ4n) is 1.03. The highest BCUT2D eigenvalue weighted by atomic mass is 16.6. The highest BCUT2D eigenvalue weighted by Gasteiger charge is 2.10. The number of nitrogens with zero attached hydrogens (tertiary/aromatic N) is 3. The Kier molecular flexibility index (Phi) is 4.40. The summed E-state index contributed by atoms with van der Waals surface area (Å²) in [7, 11) is 1.53. The monoisotopic (exact) mass is 228 g/mol. The summed E-state index contributed by atoms with van der Waals surface area (Å²) in [6.45, 7) is 0.779. The van der Waals surface area contributed by atoms with Crippen molar-refractivity contribution >= 4 is 11.6 Å². The molecule has 0 saturated heterocycles. The first-order chi connectivity index (χ1) is 7.63. The van der Waals surface area contributed by atoms with Gasteiger partial charge in [-0.1, -0.05) is 0 Å². The van der Waals surface area contributed by atoms with Gasteiger partial charge in [0.25, 0.3) is 0 Å². The molecule has 0 radical (unpaired) electrons. The van der Waals surface area contributed by atoms with Gasteiger partial charge in [-0.25, -0.2) is 0 Å². The highest BCUT2D eigenvalue weighted by Crippen LogP contribution is 2.06. The van der Waals surface area contributed by atoms with Gasteiger partial charge in [-0.3, -0.25) is 19.6 Å². The van der Waals surface area contributed by atoms with E-state index >= 15 is 0 Å². The smallest absolute Gasteiger partial charge is 0.307 e. The van der Waals surface area contributed by atoms with Crippen LogP contribution < -0.4 is 5.32 Å². The Morgan fingerprint density at radius 2 is 2.50 bits per heavy atom. The Bertz CT molecular complexity index is 376. The first-order valence-electron chi connectivity index (χ1n) is 4.56. The van der Waals surface area contributed by atoms with Crippen LogP contribution in [0.4, 0.5) is 5.69 Å². The molecule has 1 aromatic heterocycles. The second-order valence-corrected chi connectivity index (χ2v) is 3.00. The molecule has 8 heteroatoms. The Morgan fingerprint density at radius 3 is 3.06 bits per heavy atom. The molecule has 0 saturated carbocycles. The molecule has 0 spiro atoms. The lowest BCUT2D eigenvalue weighted by atomic mass is 10.5. The fraction of sp³-hybridized carbons (Fsp3) is 0.500. The summed E-state index contributed by atoms with van der Waals surface area (Å²) in [5, 5.41) is 16.6. The molecule has 16 heavy (non-hydrogen) atoms. The van der Waals surface area contributed by atoms with Crippen LogP contribution in [0.25, 0.3) is 0 Å². The molecule has 1 amide bonds. The zero-order valence-electron chi connectivity index (χ0n) is 8.75. The van der Waals surface area contributed by atoms with E-state index in [0.717, 1.165) is 6.20 Å². The van der Waals surface area contributed by atoms with Crippen LogP contribution in [0, 0.1) is 10.1 Å². The van der Waals surface area contributed by atoms with Gasteiger partial charge in [0.05, 0.1) is 11.5 Å². The largest absolute Gasteiger partial charge is 0.383 e. The summed E-state index contributed by atoms with van der Waals surface area (Å²) in [6.07, 6.45) is 2.30. The number of nitro groups is 1. The molecule has 0 bridgehead atoms. The molecule has 0 fully saturated rings. The van der Waals surface area contributed by atoms with Gasteiger partial charge in [0, 0.05) is 13.7 Å². The van der Waals surface area contributed by atoms with Crippen LogP contribution >= 0.6 is 0 Å². The normalized spacial score (nSPS) is 10.1. The molecule has 1 N–H and O–H groups in total. The molecule has 0 aliphatic heterocycles. The Balaban J connectivity index is 2.40. The van der Waals surface area contributed by atoms with E-state index in [9.17, 15) is 14.9 Å². The van der Waals surface area contributed by atoms with Gasteiger partial charge in [0.2, 0.25) is 5.91 Å². The number of rotatable bonds is 6. The van der Waals surface area contributed by atoms with Gasteiger partial charge >= 0.3 is 5.69 Å². The molecule has 0 aromatic carbocycles. The van der Waals surface area contributed by atoms with Crippen molar-refractivity contribution in [2.45, 2.75) is 6.54 Å². The van der Waals surface area contributed by atoms with Gasteiger partial charge in [-0.15, -0.1) is 0 Å². The lowest BCUT2D eigenvalue weighted by molar-refractivity contribution is -0.385. The zero-order chi connectivity index (χ0) is 12.0. The number of carbonyl (C=O) groups is 1. The average molecular weight is 228 g/mol. The van der Waals surface area contributed by atoms with Crippen molar-refractivity contribution in [3.05, 3.63) is 22.5 Å². The summed E-state index contributed by atoms with van der Waals surface area (Å²) < 4.78 is 5.96. The van der Waals surface area contributed by atoms with Crippen LogP contribution in [0.3, 0.4) is 0 Å². The van der Waals surface area contributed by atoms with E-state index < -0.39 is 4.92 Å². The van der Waals surface area contributed by atoms with Crippen LogP contribution in [-0.4, -0.2) is 40.9 Å².